The molecule has 6 heterocycles. The zero-order chi connectivity index (χ0) is 40.9. The Morgan fingerprint density at radius 1 is 0.317 bits per heavy atom. The Hall–Kier alpha value is -6.38. The highest BCUT2D eigenvalue weighted by molar-refractivity contribution is 8.01. The second-order valence-electron chi connectivity index (χ2n) is 17.0. The molecule has 9 aromatic rings. The fraction of sp³-hybridized carbons (Fsp3) is 0. The van der Waals surface area contributed by atoms with Gasteiger partial charge in [-0.05, 0) is 112 Å². The summed E-state index contributed by atoms with van der Waals surface area (Å²) < 4.78 is 7.47. The number of benzene rings is 9. The highest BCUT2D eigenvalue weighted by atomic mass is 32.2. The molecule has 0 spiro atoms. The van der Waals surface area contributed by atoms with Crippen molar-refractivity contribution in [3.63, 3.8) is 0 Å². The Morgan fingerprint density at radius 2 is 0.841 bits per heavy atom. The molecule has 0 radical (unpaired) electrons. The SMILES string of the molecule is c1ccc(N2c3cc4c(cc3B3c5c2cccc5N(c2ccccc2)c2cc5c6c(c23)Oc2ccccc2B6c2ccccc2S5)B2c3ccccc3Sc3cccc(c32)S4)cc1. The molecule has 3 nitrogen and oxygen atoms in total. The topological polar surface area (TPSA) is 15.7 Å². The number of anilines is 6. The number of hydrogen-bond acceptors (Lipinski definition) is 6. The van der Waals surface area contributed by atoms with Crippen LogP contribution in [0.1, 0.15) is 0 Å². The van der Waals surface area contributed by atoms with Crippen LogP contribution in [0.4, 0.5) is 34.1 Å². The third-order valence-corrected chi connectivity index (χ3v) is 17.3. The molecule has 9 heteroatoms. The Balaban J connectivity index is 1.07. The van der Waals surface area contributed by atoms with Gasteiger partial charge in [-0.25, -0.2) is 0 Å². The van der Waals surface area contributed by atoms with Crippen LogP contribution < -0.4 is 63.7 Å². The van der Waals surface area contributed by atoms with E-state index in [0.29, 0.717) is 0 Å². The predicted octanol–water partition coefficient (Wildman–Crippen LogP) is 8.30. The molecule has 290 valence electrons. The van der Waals surface area contributed by atoms with Crippen LogP contribution in [-0.4, -0.2) is 20.1 Å². The van der Waals surface area contributed by atoms with E-state index in [1.807, 2.05) is 35.3 Å². The molecule has 6 aliphatic heterocycles. The van der Waals surface area contributed by atoms with E-state index in [9.17, 15) is 0 Å². The molecule has 63 heavy (non-hydrogen) atoms. The van der Waals surface area contributed by atoms with E-state index in [1.54, 1.807) is 0 Å². The van der Waals surface area contributed by atoms with Crippen LogP contribution in [0.5, 0.6) is 11.5 Å². The molecular formula is C54H31B3N2OS3. The predicted molar refractivity (Wildman–Crippen MR) is 268 cm³/mol. The van der Waals surface area contributed by atoms with E-state index in [-0.39, 0.29) is 20.1 Å². The second-order valence-corrected chi connectivity index (χ2v) is 20.3. The Morgan fingerprint density at radius 3 is 1.54 bits per heavy atom. The fourth-order valence-corrected chi connectivity index (χ4v) is 15.0. The van der Waals surface area contributed by atoms with E-state index in [2.05, 4.69) is 198 Å². The second kappa shape index (κ2) is 13.1. The highest BCUT2D eigenvalue weighted by Gasteiger charge is 2.50. The third kappa shape index (κ3) is 4.80. The molecule has 0 saturated carbocycles. The number of rotatable bonds is 2. The lowest BCUT2D eigenvalue weighted by Gasteiger charge is -2.46. The fourth-order valence-electron chi connectivity index (χ4n) is 11.4. The van der Waals surface area contributed by atoms with Gasteiger partial charge in [0.15, 0.2) is 0 Å². The van der Waals surface area contributed by atoms with Gasteiger partial charge in [-0.2, -0.15) is 0 Å². The average molecular weight is 852 g/mol. The summed E-state index contributed by atoms with van der Waals surface area (Å²) in [4.78, 5) is 13.0. The summed E-state index contributed by atoms with van der Waals surface area (Å²) in [5, 5.41) is 0. The first-order chi connectivity index (χ1) is 31.3. The average Bonchev–Trinajstić information content (AvgIpc) is 3.33. The summed E-state index contributed by atoms with van der Waals surface area (Å²) in [5.41, 5.74) is 19.0. The summed E-state index contributed by atoms with van der Waals surface area (Å²) in [6.07, 6.45) is 0. The molecule has 0 saturated heterocycles. The van der Waals surface area contributed by atoms with Crippen molar-refractivity contribution in [3.05, 3.63) is 188 Å². The molecule has 0 fully saturated rings. The zero-order valence-corrected chi connectivity index (χ0v) is 36.1. The van der Waals surface area contributed by atoms with Gasteiger partial charge in [0, 0.05) is 63.5 Å². The lowest BCUT2D eigenvalue weighted by atomic mass is 9.29. The zero-order valence-electron chi connectivity index (χ0n) is 33.7. The van der Waals surface area contributed by atoms with Gasteiger partial charge in [0.1, 0.15) is 11.5 Å². The van der Waals surface area contributed by atoms with Crippen LogP contribution >= 0.6 is 35.3 Å². The van der Waals surface area contributed by atoms with Crippen molar-refractivity contribution in [2.24, 2.45) is 0 Å². The van der Waals surface area contributed by atoms with Crippen LogP contribution in [0, 0.1) is 0 Å². The first kappa shape index (κ1) is 35.1. The standard InChI is InChI=1S/C54H31B3N2OS3/c1-3-15-32(16-4-1)58-39-22-13-23-40-50(39)57(37-29-38-48(30-41(37)58)63-47-28-14-27-46-52(47)56(38)36-21-9-11-25-44(36)61-46)51-42(59(40)33-17-5-2-6-18-33)31-49-53-54(51)60-43-24-10-7-19-34(43)55(53)35-20-8-12-26-45(35)62-49/h1-31H. The van der Waals surface area contributed by atoms with Crippen molar-refractivity contribution in [1.29, 1.82) is 0 Å². The van der Waals surface area contributed by atoms with Gasteiger partial charge < -0.3 is 14.5 Å². The Kier molecular flexibility index (Phi) is 7.30. The van der Waals surface area contributed by atoms with E-state index < -0.39 is 0 Å². The lowest BCUT2D eigenvalue weighted by molar-refractivity contribution is 0.490. The van der Waals surface area contributed by atoms with Gasteiger partial charge in [-0.15, -0.1) is 0 Å². The first-order valence-corrected chi connectivity index (χ1v) is 24.0. The maximum atomic E-state index is 7.47. The normalized spacial score (nSPS) is 14.8. The summed E-state index contributed by atoms with van der Waals surface area (Å²) in [5.74, 6) is 1.93. The highest BCUT2D eigenvalue weighted by Crippen LogP contribution is 2.49. The van der Waals surface area contributed by atoms with Gasteiger partial charge in [-0.3, -0.25) is 0 Å². The van der Waals surface area contributed by atoms with Crippen LogP contribution in [0.2, 0.25) is 0 Å². The van der Waals surface area contributed by atoms with Crippen LogP contribution in [0.25, 0.3) is 0 Å². The van der Waals surface area contributed by atoms with Gasteiger partial charge >= 0.3 is 0 Å². The molecule has 0 atom stereocenters. The van der Waals surface area contributed by atoms with Crippen LogP contribution in [-0.2, 0) is 0 Å². The minimum atomic E-state index is -0.116. The van der Waals surface area contributed by atoms with Crippen LogP contribution in [0.15, 0.2) is 217 Å². The maximum Gasteiger partial charge on any atom is 0.256 e. The van der Waals surface area contributed by atoms with Gasteiger partial charge in [0.05, 0.1) is 0 Å². The summed E-state index contributed by atoms with van der Waals surface area (Å²) >= 11 is 5.73. The first-order valence-electron chi connectivity index (χ1n) is 21.6. The van der Waals surface area contributed by atoms with Crippen molar-refractivity contribution < 1.29 is 4.74 Å². The van der Waals surface area contributed by atoms with Gasteiger partial charge in [-0.1, -0.05) is 161 Å². The van der Waals surface area contributed by atoms with E-state index in [1.165, 1.54) is 101 Å². The number of hydrogen-bond donors (Lipinski definition) is 0. The van der Waals surface area contributed by atoms with Crippen molar-refractivity contribution in [2.75, 3.05) is 9.80 Å². The smallest absolute Gasteiger partial charge is 0.256 e. The van der Waals surface area contributed by atoms with Crippen molar-refractivity contribution >= 4 is 139 Å². The molecule has 0 amide bonds. The third-order valence-electron chi connectivity index (χ3n) is 13.9. The molecule has 0 aromatic heterocycles. The molecule has 0 bridgehead atoms. The molecule has 0 N–H and O–H groups in total. The Bertz CT molecular complexity index is 3450. The summed E-state index contributed by atoms with van der Waals surface area (Å²) in [7, 11) is 0. The molecule has 9 aromatic carbocycles. The number of ether oxygens (including phenoxy) is 1. The van der Waals surface area contributed by atoms with Crippen molar-refractivity contribution in [2.45, 2.75) is 29.4 Å². The maximum absolute atomic E-state index is 7.47. The minimum Gasteiger partial charge on any atom is -0.459 e. The number of nitrogens with zero attached hydrogens (tertiary/aromatic N) is 2. The van der Waals surface area contributed by atoms with E-state index in [4.69, 9.17) is 4.74 Å². The number of para-hydroxylation sites is 3. The molecule has 6 aliphatic rings. The van der Waals surface area contributed by atoms with Gasteiger partial charge in [0.25, 0.3) is 13.4 Å². The number of fused-ring (bicyclic) bond motifs is 13. The Labute approximate surface area is 379 Å². The van der Waals surface area contributed by atoms with E-state index in [0.717, 1.165) is 22.9 Å². The quantitative estimate of drug-likeness (QED) is 0.162. The molecule has 15 rings (SSSR count). The summed E-state index contributed by atoms with van der Waals surface area (Å²) in [6.45, 7) is 0.0670. The molecule has 0 aliphatic carbocycles. The molecular weight excluding hydrogens is 821 g/mol. The van der Waals surface area contributed by atoms with Crippen molar-refractivity contribution in [1.82, 2.24) is 0 Å². The lowest BCUT2D eigenvalue weighted by Crippen LogP contribution is -2.66. The van der Waals surface area contributed by atoms with Gasteiger partial charge in [0.2, 0.25) is 6.71 Å². The monoisotopic (exact) mass is 852 g/mol. The molecule has 0 unspecified atom stereocenters. The summed E-state index contributed by atoms with van der Waals surface area (Å²) in [6, 6.07) is 70.2. The van der Waals surface area contributed by atoms with Crippen LogP contribution in [0.3, 0.4) is 0 Å². The largest absolute Gasteiger partial charge is 0.459 e. The van der Waals surface area contributed by atoms with Crippen molar-refractivity contribution in [3.8, 4) is 11.5 Å². The minimum absolute atomic E-state index is 0.0551. The van der Waals surface area contributed by atoms with E-state index >= 15 is 0 Å².